The van der Waals surface area contributed by atoms with Gasteiger partial charge in [0.1, 0.15) is 6.04 Å². The number of hydrogen-bond acceptors (Lipinski definition) is 7. The first-order valence-corrected chi connectivity index (χ1v) is 8.26. The van der Waals surface area contributed by atoms with Gasteiger partial charge in [0.25, 0.3) is 0 Å². The standard InChI is InChI=1S/C13H12O4.C6H14N2O2/c1-17-13(16)12(15)9-11(14)8-7-10-5-3-2-4-6-10;7-4-2-1-3-5(8)6(9)10/h2-9,15H,1H3;5H,1-4,7-8H2,(H,9,10)/b8-7+,12-9-;/t;5-/m.0/s1. The third-order valence-corrected chi connectivity index (χ3v) is 3.20. The first-order chi connectivity index (χ1) is 12.8. The number of carbonyl (C=O) groups excluding carboxylic acids is 2. The molecule has 0 aliphatic heterocycles. The molecule has 27 heavy (non-hydrogen) atoms. The van der Waals surface area contributed by atoms with Crippen LogP contribution in [0.25, 0.3) is 6.08 Å². The first kappa shape index (κ1) is 24.0. The van der Waals surface area contributed by atoms with Crippen molar-refractivity contribution in [2.75, 3.05) is 13.7 Å². The van der Waals surface area contributed by atoms with Crippen molar-refractivity contribution in [3.8, 4) is 0 Å². The molecule has 1 aromatic rings. The molecule has 8 heteroatoms. The second-order valence-corrected chi connectivity index (χ2v) is 5.40. The van der Waals surface area contributed by atoms with Crippen LogP contribution >= 0.6 is 0 Å². The van der Waals surface area contributed by atoms with Gasteiger partial charge in [0.2, 0.25) is 5.76 Å². The zero-order valence-corrected chi connectivity index (χ0v) is 15.2. The van der Waals surface area contributed by atoms with Gasteiger partial charge in [-0.25, -0.2) is 4.79 Å². The second-order valence-electron chi connectivity index (χ2n) is 5.40. The van der Waals surface area contributed by atoms with Crippen LogP contribution in [-0.4, -0.2) is 47.6 Å². The smallest absolute Gasteiger partial charge is 0.373 e. The molecule has 0 bridgehead atoms. The Hall–Kier alpha value is -2.97. The maximum atomic E-state index is 11.3. The maximum absolute atomic E-state index is 11.3. The van der Waals surface area contributed by atoms with E-state index in [2.05, 4.69) is 4.74 Å². The highest BCUT2D eigenvalue weighted by Crippen LogP contribution is 2.02. The van der Waals surface area contributed by atoms with Crippen molar-refractivity contribution < 1.29 is 29.3 Å². The SMILES string of the molecule is COC(=O)/C(O)=C/C(=O)/C=C/c1ccccc1.NCCCC[C@H](N)C(=O)O. The number of aliphatic hydroxyl groups excluding tert-OH is 1. The summed E-state index contributed by atoms with van der Waals surface area (Å²) >= 11 is 0. The predicted octanol–water partition coefficient (Wildman–Crippen LogP) is 1.41. The van der Waals surface area contributed by atoms with Crippen molar-refractivity contribution in [1.82, 2.24) is 0 Å². The Labute approximate surface area is 158 Å². The van der Waals surface area contributed by atoms with Crippen molar-refractivity contribution in [3.05, 3.63) is 53.8 Å². The van der Waals surface area contributed by atoms with Crippen LogP contribution in [-0.2, 0) is 19.1 Å². The molecule has 0 radical (unpaired) electrons. The number of nitrogens with two attached hydrogens (primary N) is 2. The van der Waals surface area contributed by atoms with Gasteiger partial charge in [-0.3, -0.25) is 9.59 Å². The van der Waals surface area contributed by atoms with Gasteiger partial charge in [0.05, 0.1) is 7.11 Å². The molecule has 0 heterocycles. The lowest BCUT2D eigenvalue weighted by molar-refractivity contribution is -0.139. The zero-order chi connectivity index (χ0) is 20.7. The van der Waals surface area contributed by atoms with Crippen LogP contribution in [0.4, 0.5) is 0 Å². The van der Waals surface area contributed by atoms with Gasteiger partial charge in [-0.05, 0) is 31.0 Å². The highest BCUT2D eigenvalue weighted by atomic mass is 16.5. The van der Waals surface area contributed by atoms with Gasteiger partial charge in [-0.15, -0.1) is 0 Å². The number of benzene rings is 1. The summed E-state index contributed by atoms with van der Waals surface area (Å²) in [7, 11) is 1.12. The summed E-state index contributed by atoms with van der Waals surface area (Å²) in [5.74, 6) is -3.07. The van der Waals surface area contributed by atoms with Gasteiger partial charge >= 0.3 is 11.9 Å². The number of esters is 1. The number of carboxylic acids is 1. The topological polar surface area (TPSA) is 153 Å². The molecule has 0 unspecified atom stereocenters. The average Bonchev–Trinajstić information content (AvgIpc) is 2.67. The number of rotatable bonds is 9. The van der Waals surface area contributed by atoms with Crippen LogP contribution in [0.2, 0.25) is 0 Å². The van der Waals surface area contributed by atoms with Crippen molar-refractivity contribution in [1.29, 1.82) is 0 Å². The summed E-state index contributed by atoms with van der Waals surface area (Å²) in [5, 5.41) is 17.4. The van der Waals surface area contributed by atoms with Crippen molar-refractivity contribution in [3.63, 3.8) is 0 Å². The number of carboxylic acid groups (broad SMARTS) is 1. The minimum Gasteiger partial charge on any atom is -0.502 e. The summed E-state index contributed by atoms with van der Waals surface area (Å²) in [4.78, 5) is 32.3. The lowest BCUT2D eigenvalue weighted by atomic mass is 10.1. The van der Waals surface area contributed by atoms with E-state index >= 15 is 0 Å². The van der Waals surface area contributed by atoms with Gasteiger partial charge in [-0.2, -0.15) is 0 Å². The molecule has 0 aliphatic carbocycles. The minimum atomic E-state index is -0.938. The number of allylic oxidation sites excluding steroid dienone is 2. The normalized spacial score (nSPS) is 12.0. The number of unbranched alkanes of at least 4 members (excludes halogenated alkanes) is 1. The first-order valence-electron chi connectivity index (χ1n) is 8.26. The highest BCUT2D eigenvalue weighted by Gasteiger charge is 2.09. The Kier molecular flexibility index (Phi) is 12.7. The Bertz CT molecular complexity index is 655. The molecular weight excluding hydrogens is 352 g/mol. The average molecular weight is 378 g/mol. The third-order valence-electron chi connectivity index (χ3n) is 3.20. The van der Waals surface area contributed by atoms with Crippen LogP contribution in [0.15, 0.2) is 48.2 Å². The predicted molar refractivity (Wildman–Crippen MR) is 102 cm³/mol. The second kappa shape index (κ2) is 14.2. The monoisotopic (exact) mass is 378 g/mol. The van der Waals surface area contributed by atoms with Gasteiger partial charge in [0.15, 0.2) is 5.78 Å². The molecule has 148 valence electrons. The lowest BCUT2D eigenvalue weighted by Crippen LogP contribution is -2.29. The van der Waals surface area contributed by atoms with Gasteiger partial charge in [0, 0.05) is 6.08 Å². The number of methoxy groups -OCH3 is 1. The summed E-state index contributed by atoms with van der Waals surface area (Å²) < 4.78 is 4.24. The largest absolute Gasteiger partial charge is 0.502 e. The molecule has 1 rings (SSSR count). The molecule has 0 aromatic heterocycles. The quantitative estimate of drug-likeness (QED) is 0.218. The Morgan fingerprint density at radius 3 is 2.30 bits per heavy atom. The van der Waals surface area contributed by atoms with Crippen LogP contribution in [0.1, 0.15) is 24.8 Å². The molecule has 1 atom stereocenters. The van der Waals surface area contributed by atoms with Crippen LogP contribution in [0.5, 0.6) is 0 Å². The van der Waals surface area contributed by atoms with Crippen molar-refractivity contribution in [2.24, 2.45) is 11.5 Å². The lowest BCUT2D eigenvalue weighted by Gasteiger charge is -2.03. The summed E-state index contributed by atoms with van der Waals surface area (Å²) in [5.41, 5.74) is 11.3. The van der Waals surface area contributed by atoms with Crippen molar-refractivity contribution in [2.45, 2.75) is 25.3 Å². The van der Waals surface area contributed by atoms with E-state index in [0.717, 1.165) is 31.6 Å². The number of carbonyl (C=O) groups is 3. The van der Waals surface area contributed by atoms with Crippen LogP contribution in [0.3, 0.4) is 0 Å². The Balaban J connectivity index is 0.000000580. The molecule has 6 N–H and O–H groups in total. The van der Waals surface area contributed by atoms with E-state index in [0.29, 0.717) is 13.0 Å². The molecule has 0 saturated heterocycles. The Morgan fingerprint density at radius 1 is 1.15 bits per heavy atom. The molecule has 1 aromatic carbocycles. The van der Waals surface area contributed by atoms with E-state index in [9.17, 15) is 14.4 Å². The molecular formula is C19H26N2O6. The number of ether oxygens (including phenoxy) is 1. The molecule has 0 aliphatic rings. The number of hydrogen-bond donors (Lipinski definition) is 4. The fourth-order valence-corrected chi connectivity index (χ4v) is 1.72. The minimum absolute atomic E-state index is 0.489. The van der Waals surface area contributed by atoms with E-state index in [1.54, 1.807) is 6.08 Å². The zero-order valence-electron chi connectivity index (χ0n) is 15.2. The Morgan fingerprint density at radius 2 is 1.78 bits per heavy atom. The van der Waals surface area contributed by atoms with Crippen molar-refractivity contribution >= 4 is 23.8 Å². The highest BCUT2D eigenvalue weighted by molar-refractivity contribution is 6.05. The maximum Gasteiger partial charge on any atom is 0.373 e. The number of aliphatic carboxylic acids is 1. The van der Waals surface area contributed by atoms with E-state index in [4.69, 9.17) is 21.7 Å². The molecule has 0 spiro atoms. The number of ketones is 1. The third kappa shape index (κ3) is 12.1. The van der Waals surface area contributed by atoms with Gasteiger partial charge in [-0.1, -0.05) is 42.8 Å². The molecule has 0 amide bonds. The molecule has 8 nitrogen and oxygen atoms in total. The van der Waals surface area contributed by atoms with E-state index in [1.807, 2.05) is 30.3 Å². The van der Waals surface area contributed by atoms with E-state index < -0.39 is 29.5 Å². The summed E-state index contributed by atoms with van der Waals surface area (Å²) in [6.07, 6.45) is 5.82. The fourth-order valence-electron chi connectivity index (χ4n) is 1.72. The van der Waals surface area contributed by atoms with Crippen LogP contribution < -0.4 is 11.5 Å². The van der Waals surface area contributed by atoms with E-state index in [1.165, 1.54) is 6.08 Å². The molecule has 0 saturated carbocycles. The number of aliphatic hydroxyl groups is 1. The summed E-state index contributed by atoms with van der Waals surface area (Å²) in [6.45, 7) is 0.604. The van der Waals surface area contributed by atoms with Crippen LogP contribution in [0, 0.1) is 0 Å². The fraction of sp³-hybridized carbons (Fsp3) is 0.316. The van der Waals surface area contributed by atoms with Gasteiger partial charge < -0.3 is 26.4 Å². The molecule has 0 fully saturated rings. The van der Waals surface area contributed by atoms with E-state index in [-0.39, 0.29) is 0 Å². The summed E-state index contributed by atoms with van der Waals surface area (Å²) in [6, 6.07) is 8.48.